The molecule has 1 heterocycles. The monoisotopic (exact) mass is 331 g/mol. The van der Waals surface area contributed by atoms with Gasteiger partial charge in [0, 0.05) is 6.92 Å². The Labute approximate surface area is 133 Å². The third-order valence-corrected chi connectivity index (χ3v) is 5.88. The minimum absolute atomic E-state index is 0.128. The van der Waals surface area contributed by atoms with Gasteiger partial charge in [-0.15, -0.1) is 23.2 Å². The number of aryl methyl sites for hydroxylation is 1. The van der Waals surface area contributed by atoms with Crippen LogP contribution in [-0.2, 0) is 10.3 Å². The highest BCUT2D eigenvalue weighted by molar-refractivity contribution is 6.53. The van der Waals surface area contributed by atoms with E-state index in [0.717, 1.165) is 32.1 Å². The molecule has 0 saturated heterocycles. The van der Waals surface area contributed by atoms with Gasteiger partial charge in [-0.25, -0.2) is 0 Å². The average molecular weight is 332 g/mol. The number of nitrogens with zero attached hydrogens (tertiary/aromatic N) is 2. The fraction of sp³-hybridized carbons (Fsp3) is 0.786. The molecule has 1 aromatic rings. The molecule has 1 amide bonds. The van der Waals surface area contributed by atoms with Gasteiger partial charge in [-0.2, -0.15) is 4.98 Å². The number of aromatic nitrogens is 2. The average Bonchev–Trinajstić information content (AvgIpc) is 2.75. The SMILES string of the molecule is Cc1nc(C2(NC(=O)C3(C)CC3(Cl)Cl)CCCCC2)no1. The predicted molar refractivity (Wildman–Crippen MR) is 79.1 cm³/mol. The highest BCUT2D eigenvalue weighted by Gasteiger charge is 2.68. The fourth-order valence-corrected chi connectivity index (χ4v) is 3.76. The van der Waals surface area contributed by atoms with E-state index in [4.69, 9.17) is 27.7 Å². The molecule has 1 aromatic heterocycles. The topological polar surface area (TPSA) is 68.0 Å². The van der Waals surface area contributed by atoms with E-state index >= 15 is 0 Å². The minimum atomic E-state index is -0.972. The van der Waals surface area contributed by atoms with Gasteiger partial charge in [-0.3, -0.25) is 4.79 Å². The van der Waals surface area contributed by atoms with E-state index in [1.165, 1.54) is 0 Å². The smallest absolute Gasteiger partial charge is 0.229 e. The van der Waals surface area contributed by atoms with Crippen molar-refractivity contribution in [3.63, 3.8) is 0 Å². The third-order valence-electron chi connectivity index (χ3n) is 4.77. The summed E-state index contributed by atoms with van der Waals surface area (Å²) in [6.07, 6.45) is 5.29. The number of rotatable bonds is 3. The first-order chi connectivity index (χ1) is 9.79. The lowest BCUT2D eigenvalue weighted by atomic mass is 9.80. The second kappa shape index (κ2) is 4.85. The number of amides is 1. The number of hydrogen-bond acceptors (Lipinski definition) is 4. The Morgan fingerprint density at radius 3 is 2.38 bits per heavy atom. The van der Waals surface area contributed by atoms with E-state index in [0.29, 0.717) is 18.1 Å². The second-order valence-electron chi connectivity index (χ2n) is 6.45. The number of carbonyl (C=O) groups excluding carboxylic acids is 1. The van der Waals surface area contributed by atoms with Gasteiger partial charge < -0.3 is 9.84 Å². The van der Waals surface area contributed by atoms with Crippen LogP contribution in [0.2, 0.25) is 0 Å². The molecule has 1 atom stereocenters. The lowest BCUT2D eigenvalue weighted by Crippen LogP contribution is -2.50. The molecular weight excluding hydrogens is 313 g/mol. The van der Waals surface area contributed by atoms with E-state index in [9.17, 15) is 4.79 Å². The van der Waals surface area contributed by atoms with Crippen LogP contribution in [-0.4, -0.2) is 20.4 Å². The summed E-state index contributed by atoms with van der Waals surface area (Å²) in [5, 5.41) is 7.16. The standard InChI is InChI=1S/C14H19Cl2N3O2/c1-9-17-10(19-21-9)13(6-4-3-5-7-13)18-11(20)12(2)8-14(12,15)16/h3-8H2,1-2H3,(H,18,20). The molecule has 0 aromatic carbocycles. The van der Waals surface area contributed by atoms with Crippen molar-refractivity contribution in [2.75, 3.05) is 0 Å². The van der Waals surface area contributed by atoms with Crippen molar-refractivity contribution in [3.05, 3.63) is 11.7 Å². The van der Waals surface area contributed by atoms with Gasteiger partial charge in [0.2, 0.25) is 11.8 Å². The largest absolute Gasteiger partial charge is 0.343 e. The van der Waals surface area contributed by atoms with Crippen molar-refractivity contribution in [1.82, 2.24) is 15.5 Å². The molecular formula is C14H19Cl2N3O2. The van der Waals surface area contributed by atoms with Crippen molar-refractivity contribution in [2.24, 2.45) is 5.41 Å². The van der Waals surface area contributed by atoms with Crippen molar-refractivity contribution < 1.29 is 9.32 Å². The highest BCUT2D eigenvalue weighted by atomic mass is 35.5. The highest BCUT2D eigenvalue weighted by Crippen LogP contribution is 2.64. The molecule has 21 heavy (non-hydrogen) atoms. The van der Waals surface area contributed by atoms with Crippen LogP contribution in [0.4, 0.5) is 0 Å². The maximum Gasteiger partial charge on any atom is 0.229 e. The summed E-state index contributed by atoms with van der Waals surface area (Å²) in [7, 11) is 0. The van der Waals surface area contributed by atoms with Crippen molar-refractivity contribution in [3.8, 4) is 0 Å². The molecule has 1 N–H and O–H groups in total. The Balaban J connectivity index is 1.85. The molecule has 5 nitrogen and oxygen atoms in total. The van der Waals surface area contributed by atoms with E-state index < -0.39 is 15.3 Å². The first kappa shape index (κ1) is 15.1. The first-order valence-electron chi connectivity index (χ1n) is 7.30. The number of carbonyl (C=O) groups is 1. The van der Waals surface area contributed by atoms with Gasteiger partial charge >= 0.3 is 0 Å². The molecule has 116 valence electrons. The summed E-state index contributed by atoms with van der Waals surface area (Å²) in [5.74, 6) is 0.940. The Morgan fingerprint density at radius 1 is 1.29 bits per heavy atom. The predicted octanol–water partition coefficient (Wildman–Crippen LogP) is 3.24. The summed E-state index contributed by atoms with van der Waals surface area (Å²) >= 11 is 12.2. The minimum Gasteiger partial charge on any atom is -0.343 e. The van der Waals surface area contributed by atoms with Crippen molar-refractivity contribution >= 4 is 29.1 Å². The van der Waals surface area contributed by atoms with Crippen LogP contribution in [0.25, 0.3) is 0 Å². The van der Waals surface area contributed by atoms with Crippen LogP contribution in [0, 0.1) is 12.3 Å². The molecule has 0 spiro atoms. The maximum absolute atomic E-state index is 12.6. The van der Waals surface area contributed by atoms with Crippen molar-refractivity contribution in [1.29, 1.82) is 0 Å². The van der Waals surface area contributed by atoms with E-state index in [2.05, 4.69) is 15.5 Å². The maximum atomic E-state index is 12.6. The summed E-state index contributed by atoms with van der Waals surface area (Å²) in [6, 6.07) is 0. The number of halogens is 2. The Bertz CT molecular complexity index is 566. The Morgan fingerprint density at radius 2 is 1.90 bits per heavy atom. The molecule has 2 aliphatic carbocycles. The molecule has 2 aliphatic rings. The second-order valence-corrected chi connectivity index (χ2v) is 7.93. The van der Waals surface area contributed by atoms with Crippen molar-refractivity contribution in [2.45, 2.75) is 62.2 Å². The number of hydrogen-bond donors (Lipinski definition) is 1. The van der Waals surface area contributed by atoms with Crippen LogP contribution in [0.1, 0.15) is 57.2 Å². The molecule has 2 saturated carbocycles. The Hall–Kier alpha value is -0.810. The van der Waals surface area contributed by atoms with Gasteiger partial charge in [0.25, 0.3) is 0 Å². The quantitative estimate of drug-likeness (QED) is 0.863. The normalized spacial score (nSPS) is 29.9. The van der Waals surface area contributed by atoms with Gasteiger partial charge in [0.05, 0.1) is 5.41 Å². The molecule has 0 aliphatic heterocycles. The summed E-state index contributed by atoms with van der Waals surface area (Å²) in [6.45, 7) is 3.54. The van der Waals surface area contributed by atoms with Crippen LogP contribution in [0.5, 0.6) is 0 Å². The van der Waals surface area contributed by atoms with Gasteiger partial charge in [0.1, 0.15) is 9.87 Å². The fourth-order valence-electron chi connectivity index (χ4n) is 3.05. The zero-order valence-electron chi connectivity index (χ0n) is 12.2. The molecule has 1 unspecified atom stereocenters. The molecule has 2 fully saturated rings. The molecule has 0 radical (unpaired) electrons. The third kappa shape index (κ3) is 2.44. The van der Waals surface area contributed by atoms with Crippen LogP contribution < -0.4 is 5.32 Å². The van der Waals surface area contributed by atoms with E-state index in [-0.39, 0.29) is 5.91 Å². The zero-order chi connectivity index (χ0) is 15.3. The van der Waals surface area contributed by atoms with Crippen LogP contribution in [0.3, 0.4) is 0 Å². The molecule has 0 bridgehead atoms. The zero-order valence-corrected chi connectivity index (χ0v) is 13.7. The van der Waals surface area contributed by atoms with Crippen LogP contribution >= 0.6 is 23.2 Å². The lowest BCUT2D eigenvalue weighted by Gasteiger charge is -2.36. The molecule has 3 rings (SSSR count). The van der Waals surface area contributed by atoms with E-state index in [1.807, 2.05) is 0 Å². The Kier molecular flexibility index (Phi) is 3.49. The van der Waals surface area contributed by atoms with Gasteiger partial charge in [-0.05, 0) is 26.2 Å². The number of nitrogens with one attached hydrogen (secondary N) is 1. The number of alkyl halides is 2. The molecule has 7 heteroatoms. The van der Waals surface area contributed by atoms with Gasteiger partial charge in [0.15, 0.2) is 5.82 Å². The van der Waals surface area contributed by atoms with Crippen LogP contribution in [0.15, 0.2) is 4.52 Å². The lowest BCUT2D eigenvalue weighted by molar-refractivity contribution is -0.128. The first-order valence-corrected chi connectivity index (χ1v) is 8.06. The summed E-state index contributed by atoms with van der Waals surface area (Å²) in [5.41, 5.74) is -1.29. The van der Waals surface area contributed by atoms with Gasteiger partial charge in [-0.1, -0.05) is 24.4 Å². The summed E-state index contributed by atoms with van der Waals surface area (Å²) < 4.78 is 4.13. The summed E-state index contributed by atoms with van der Waals surface area (Å²) in [4.78, 5) is 17.0. The van der Waals surface area contributed by atoms with E-state index in [1.54, 1.807) is 13.8 Å².